The first-order valence-corrected chi connectivity index (χ1v) is 8.35. The molecule has 2 fully saturated rings. The Labute approximate surface area is 118 Å². The molecule has 1 saturated carbocycles. The fraction of sp³-hybridized carbons (Fsp3) is 1.00. The molecule has 0 amide bonds. The van der Waals surface area contributed by atoms with Gasteiger partial charge < -0.3 is 15.3 Å². The molecule has 1 aliphatic heterocycles. The zero-order chi connectivity index (χ0) is 13.5. The highest BCUT2D eigenvalue weighted by Gasteiger charge is 2.20. The summed E-state index contributed by atoms with van der Waals surface area (Å²) in [6.45, 7) is 7.52. The monoisotopic (exact) mass is 268 g/mol. The highest BCUT2D eigenvalue weighted by molar-refractivity contribution is 4.76. The van der Waals surface area contributed by atoms with Gasteiger partial charge in [-0.2, -0.15) is 0 Å². The molecule has 3 nitrogen and oxygen atoms in total. The fourth-order valence-electron chi connectivity index (χ4n) is 3.63. The van der Waals surface area contributed by atoms with Gasteiger partial charge in [0.25, 0.3) is 0 Å². The van der Waals surface area contributed by atoms with Crippen molar-refractivity contribution in [1.29, 1.82) is 0 Å². The molecule has 2 N–H and O–H groups in total. The Kier molecular flexibility index (Phi) is 6.62. The molecule has 2 rings (SSSR count). The van der Waals surface area contributed by atoms with Crippen LogP contribution in [0.1, 0.15) is 51.9 Å². The molecule has 1 atom stereocenters. The summed E-state index contributed by atoms with van der Waals surface area (Å²) in [5.41, 5.74) is 0. The van der Waals surface area contributed by atoms with E-state index < -0.39 is 0 Å². The van der Waals surface area contributed by atoms with Crippen LogP contribution in [-0.2, 0) is 0 Å². The summed E-state index contributed by atoms with van der Waals surface area (Å²) in [4.78, 5) is 2.41. The quantitative estimate of drug-likeness (QED) is 0.775. The smallest absolute Gasteiger partial charge is 0.0639 e. The van der Waals surface area contributed by atoms with Crippen molar-refractivity contribution < 1.29 is 5.11 Å². The van der Waals surface area contributed by atoms with Gasteiger partial charge >= 0.3 is 0 Å². The van der Waals surface area contributed by atoms with E-state index in [4.69, 9.17) is 0 Å². The molecule has 19 heavy (non-hydrogen) atoms. The van der Waals surface area contributed by atoms with Gasteiger partial charge in [-0.05, 0) is 70.6 Å². The van der Waals surface area contributed by atoms with Crippen molar-refractivity contribution >= 4 is 0 Å². The van der Waals surface area contributed by atoms with Gasteiger partial charge in [-0.3, -0.25) is 0 Å². The second-order valence-electron chi connectivity index (χ2n) is 6.76. The van der Waals surface area contributed by atoms with Crippen molar-refractivity contribution in [2.24, 2.45) is 11.8 Å². The number of piperidine rings is 1. The molecule has 1 saturated heterocycles. The molecule has 1 heterocycles. The Morgan fingerprint density at radius 3 is 2.16 bits per heavy atom. The van der Waals surface area contributed by atoms with Gasteiger partial charge in [0.05, 0.1) is 6.10 Å². The summed E-state index contributed by atoms with van der Waals surface area (Å²) >= 11 is 0. The van der Waals surface area contributed by atoms with Crippen molar-refractivity contribution in [2.45, 2.75) is 58.0 Å². The minimum Gasteiger partial charge on any atom is -0.392 e. The molecule has 112 valence electrons. The van der Waals surface area contributed by atoms with Gasteiger partial charge in [0.1, 0.15) is 0 Å². The third-order valence-corrected chi connectivity index (χ3v) is 4.82. The summed E-state index contributed by atoms with van der Waals surface area (Å²) in [5.74, 6) is 1.80. The molecule has 0 spiro atoms. The van der Waals surface area contributed by atoms with Crippen LogP contribution in [0.2, 0.25) is 0 Å². The predicted octanol–water partition coefficient (Wildman–Crippen LogP) is 2.25. The topological polar surface area (TPSA) is 35.5 Å². The summed E-state index contributed by atoms with van der Waals surface area (Å²) in [5, 5.41) is 13.1. The van der Waals surface area contributed by atoms with Gasteiger partial charge in [-0.15, -0.1) is 0 Å². The summed E-state index contributed by atoms with van der Waals surface area (Å²) in [6, 6.07) is 0. The van der Waals surface area contributed by atoms with E-state index in [0.29, 0.717) is 0 Å². The van der Waals surface area contributed by atoms with E-state index in [0.717, 1.165) is 18.4 Å². The Morgan fingerprint density at radius 2 is 1.58 bits per heavy atom. The number of nitrogens with one attached hydrogen (secondary N) is 1. The lowest BCUT2D eigenvalue weighted by atomic mass is 9.89. The number of hydrogen-bond acceptors (Lipinski definition) is 3. The molecular formula is C16H32N2O. The van der Waals surface area contributed by atoms with E-state index >= 15 is 0 Å². The van der Waals surface area contributed by atoms with Crippen molar-refractivity contribution in [3.05, 3.63) is 0 Å². The largest absolute Gasteiger partial charge is 0.392 e. The molecule has 0 aromatic heterocycles. The minimum absolute atomic E-state index is 0.180. The molecule has 0 radical (unpaired) electrons. The Hall–Kier alpha value is -0.120. The van der Waals surface area contributed by atoms with E-state index in [1.54, 1.807) is 0 Å². The number of hydrogen-bond donors (Lipinski definition) is 2. The number of nitrogens with zero attached hydrogens (tertiary/aromatic N) is 1. The fourth-order valence-corrected chi connectivity index (χ4v) is 3.63. The predicted molar refractivity (Wildman–Crippen MR) is 80.3 cm³/mol. The lowest BCUT2D eigenvalue weighted by molar-refractivity contribution is 0.0995. The van der Waals surface area contributed by atoms with Crippen LogP contribution in [0.5, 0.6) is 0 Å². The van der Waals surface area contributed by atoms with Crippen LogP contribution in [0.25, 0.3) is 0 Å². The van der Waals surface area contributed by atoms with Crippen molar-refractivity contribution in [3.8, 4) is 0 Å². The average molecular weight is 268 g/mol. The SMILES string of the molecule is CC(O)CN1CCC(CNCC2CCCCC2)CC1. The second-order valence-corrected chi connectivity index (χ2v) is 6.76. The van der Waals surface area contributed by atoms with Crippen LogP contribution >= 0.6 is 0 Å². The third-order valence-electron chi connectivity index (χ3n) is 4.82. The van der Waals surface area contributed by atoms with Crippen LogP contribution in [0.4, 0.5) is 0 Å². The summed E-state index contributed by atoms with van der Waals surface area (Å²) in [6.07, 6.45) is 9.65. The van der Waals surface area contributed by atoms with Crippen LogP contribution < -0.4 is 5.32 Å². The average Bonchev–Trinajstić information content (AvgIpc) is 2.41. The highest BCUT2D eigenvalue weighted by atomic mass is 16.3. The van der Waals surface area contributed by atoms with Gasteiger partial charge in [0, 0.05) is 6.54 Å². The molecule has 0 aromatic rings. The third kappa shape index (κ3) is 5.80. The van der Waals surface area contributed by atoms with Crippen molar-refractivity contribution in [3.63, 3.8) is 0 Å². The van der Waals surface area contributed by atoms with Gasteiger partial charge in [0.2, 0.25) is 0 Å². The van der Waals surface area contributed by atoms with Crippen molar-refractivity contribution in [2.75, 3.05) is 32.7 Å². The molecule has 0 bridgehead atoms. The molecule has 3 heteroatoms. The first-order chi connectivity index (χ1) is 9.24. The Bertz CT molecular complexity index is 231. The first-order valence-electron chi connectivity index (χ1n) is 8.35. The van der Waals surface area contributed by atoms with Crippen molar-refractivity contribution in [1.82, 2.24) is 10.2 Å². The lowest BCUT2D eigenvalue weighted by Crippen LogP contribution is -2.40. The molecule has 1 aliphatic carbocycles. The zero-order valence-electron chi connectivity index (χ0n) is 12.6. The van der Waals surface area contributed by atoms with E-state index in [1.165, 1.54) is 71.1 Å². The van der Waals surface area contributed by atoms with E-state index in [2.05, 4.69) is 10.2 Å². The maximum Gasteiger partial charge on any atom is 0.0639 e. The summed E-state index contributed by atoms with van der Waals surface area (Å²) < 4.78 is 0. The number of likely N-dealkylation sites (tertiary alicyclic amines) is 1. The van der Waals surface area contributed by atoms with Gasteiger partial charge in [-0.1, -0.05) is 19.3 Å². The maximum atomic E-state index is 9.40. The molecular weight excluding hydrogens is 236 g/mol. The lowest BCUT2D eigenvalue weighted by Gasteiger charge is -2.33. The number of aliphatic hydroxyl groups is 1. The van der Waals surface area contributed by atoms with Crippen LogP contribution in [0, 0.1) is 11.8 Å². The maximum absolute atomic E-state index is 9.40. The Morgan fingerprint density at radius 1 is 1.00 bits per heavy atom. The van der Waals surface area contributed by atoms with Crippen LogP contribution in [-0.4, -0.2) is 48.8 Å². The zero-order valence-corrected chi connectivity index (χ0v) is 12.6. The minimum atomic E-state index is -0.180. The molecule has 1 unspecified atom stereocenters. The number of β-amino-alcohol motifs (C(OH)–C–C–N with tert-alkyl or cyclic N) is 1. The molecule has 2 aliphatic rings. The normalized spacial score (nSPS) is 25.6. The first kappa shape index (κ1) is 15.3. The van der Waals surface area contributed by atoms with E-state index in [-0.39, 0.29) is 6.10 Å². The second kappa shape index (κ2) is 8.23. The van der Waals surface area contributed by atoms with Crippen LogP contribution in [0.3, 0.4) is 0 Å². The van der Waals surface area contributed by atoms with Gasteiger partial charge in [0.15, 0.2) is 0 Å². The van der Waals surface area contributed by atoms with E-state index in [1.807, 2.05) is 6.92 Å². The molecule has 0 aromatic carbocycles. The van der Waals surface area contributed by atoms with Crippen LogP contribution in [0.15, 0.2) is 0 Å². The highest BCUT2D eigenvalue weighted by Crippen LogP contribution is 2.23. The van der Waals surface area contributed by atoms with Gasteiger partial charge in [-0.25, -0.2) is 0 Å². The summed E-state index contributed by atoms with van der Waals surface area (Å²) in [7, 11) is 0. The number of aliphatic hydroxyl groups excluding tert-OH is 1. The number of rotatable bonds is 6. The Balaban J connectivity index is 1.53. The standard InChI is InChI=1S/C16H32N2O/c1-14(19)13-18-9-7-16(8-10-18)12-17-11-15-5-3-2-4-6-15/h14-17,19H,2-13H2,1H3. The van der Waals surface area contributed by atoms with E-state index in [9.17, 15) is 5.11 Å².